The average molecular weight is 209 g/mol. The summed E-state index contributed by atoms with van der Waals surface area (Å²) in [4.78, 5) is 8.02. The highest BCUT2D eigenvalue weighted by Crippen LogP contribution is 2.20. The van der Waals surface area contributed by atoms with Crippen LogP contribution in [-0.2, 0) is 0 Å². The highest BCUT2D eigenvalue weighted by atomic mass is 79.9. The van der Waals surface area contributed by atoms with Crippen molar-refractivity contribution >= 4 is 26.7 Å². The van der Waals surface area contributed by atoms with Crippen LogP contribution in [0.25, 0.3) is 10.8 Å². The molecular formula is C8H5BrN2. The summed E-state index contributed by atoms with van der Waals surface area (Å²) in [7, 11) is 0. The molecule has 2 rings (SSSR count). The van der Waals surface area contributed by atoms with Crippen molar-refractivity contribution in [2.24, 2.45) is 0 Å². The second-order valence-corrected chi connectivity index (χ2v) is 3.07. The zero-order chi connectivity index (χ0) is 7.68. The first-order valence-corrected chi connectivity index (χ1v) is 4.00. The molecule has 2 aromatic rings. The second-order valence-electron chi connectivity index (χ2n) is 2.22. The molecule has 0 amide bonds. The van der Waals surface area contributed by atoms with Gasteiger partial charge < -0.3 is 0 Å². The third-order valence-electron chi connectivity index (χ3n) is 1.51. The van der Waals surface area contributed by atoms with Crippen LogP contribution in [0.4, 0.5) is 0 Å². The zero-order valence-corrected chi connectivity index (χ0v) is 7.25. The van der Waals surface area contributed by atoms with Crippen molar-refractivity contribution in [2.75, 3.05) is 0 Å². The molecular weight excluding hydrogens is 204 g/mol. The van der Waals surface area contributed by atoms with E-state index in [0.29, 0.717) is 0 Å². The lowest BCUT2D eigenvalue weighted by atomic mass is 10.2. The fourth-order valence-corrected chi connectivity index (χ4v) is 1.46. The fraction of sp³-hybridized carbons (Fsp3) is 0. The minimum atomic E-state index is 1.01. The van der Waals surface area contributed by atoms with Crippen molar-refractivity contribution in [1.29, 1.82) is 0 Å². The molecule has 2 aromatic heterocycles. The number of fused-ring (bicyclic) bond motifs is 1. The van der Waals surface area contributed by atoms with Gasteiger partial charge in [0.1, 0.15) is 0 Å². The van der Waals surface area contributed by atoms with Crippen LogP contribution in [-0.4, -0.2) is 9.97 Å². The Hall–Kier alpha value is -0.960. The van der Waals surface area contributed by atoms with Gasteiger partial charge >= 0.3 is 0 Å². The molecule has 0 atom stereocenters. The van der Waals surface area contributed by atoms with Gasteiger partial charge in [-0.1, -0.05) is 0 Å². The van der Waals surface area contributed by atoms with Crippen molar-refractivity contribution in [3.05, 3.63) is 35.3 Å². The van der Waals surface area contributed by atoms with E-state index in [0.717, 1.165) is 15.2 Å². The maximum atomic E-state index is 4.03. The molecule has 0 fully saturated rings. The number of aromatic nitrogens is 2. The molecule has 0 saturated heterocycles. The molecule has 0 saturated carbocycles. The lowest BCUT2D eigenvalue weighted by Gasteiger charge is -1.96. The molecule has 0 aliphatic carbocycles. The molecule has 2 nitrogen and oxygen atoms in total. The summed E-state index contributed by atoms with van der Waals surface area (Å²) < 4.78 is 1.01. The summed E-state index contributed by atoms with van der Waals surface area (Å²) in [5.41, 5.74) is 0. The number of nitrogens with zero attached hydrogens (tertiary/aromatic N) is 2. The zero-order valence-electron chi connectivity index (χ0n) is 5.66. The largest absolute Gasteiger partial charge is 0.264 e. The lowest BCUT2D eigenvalue weighted by molar-refractivity contribution is 1.31. The lowest BCUT2D eigenvalue weighted by Crippen LogP contribution is -1.78. The summed E-state index contributed by atoms with van der Waals surface area (Å²) in [5.74, 6) is 0. The van der Waals surface area contributed by atoms with E-state index in [4.69, 9.17) is 0 Å². The molecule has 3 heteroatoms. The SMILES string of the molecule is Brc1cncc2cnccc12. The third kappa shape index (κ3) is 1.12. The third-order valence-corrected chi connectivity index (χ3v) is 2.14. The molecule has 0 aromatic carbocycles. The minimum absolute atomic E-state index is 1.01. The molecule has 0 N–H and O–H groups in total. The van der Waals surface area contributed by atoms with E-state index in [9.17, 15) is 0 Å². The maximum absolute atomic E-state index is 4.03. The topological polar surface area (TPSA) is 25.8 Å². The number of hydrogen-bond donors (Lipinski definition) is 0. The van der Waals surface area contributed by atoms with E-state index >= 15 is 0 Å². The van der Waals surface area contributed by atoms with Crippen LogP contribution in [0.5, 0.6) is 0 Å². The van der Waals surface area contributed by atoms with Gasteiger partial charge in [-0.15, -0.1) is 0 Å². The monoisotopic (exact) mass is 208 g/mol. The molecule has 54 valence electrons. The Morgan fingerprint density at radius 2 is 1.91 bits per heavy atom. The minimum Gasteiger partial charge on any atom is -0.264 e. The molecule has 0 spiro atoms. The molecule has 0 bridgehead atoms. The van der Waals surface area contributed by atoms with Crippen LogP contribution in [0.3, 0.4) is 0 Å². The van der Waals surface area contributed by atoms with Gasteiger partial charge in [0.2, 0.25) is 0 Å². The Morgan fingerprint density at radius 3 is 2.73 bits per heavy atom. The maximum Gasteiger partial charge on any atom is 0.0438 e. The number of hydrogen-bond acceptors (Lipinski definition) is 2. The Balaban J connectivity index is 2.91. The van der Waals surface area contributed by atoms with Crippen molar-refractivity contribution in [3.63, 3.8) is 0 Å². The van der Waals surface area contributed by atoms with Crippen LogP contribution in [0, 0.1) is 0 Å². The van der Waals surface area contributed by atoms with Crippen LogP contribution >= 0.6 is 15.9 Å². The van der Waals surface area contributed by atoms with E-state index in [2.05, 4.69) is 25.9 Å². The molecule has 11 heavy (non-hydrogen) atoms. The summed E-state index contributed by atoms with van der Waals surface area (Å²) in [5, 5.41) is 2.21. The van der Waals surface area contributed by atoms with Crippen molar-refractivity contribution in [1.82, 2.24) is 9.97 Å². The van der Waals surface area contributed by atoms with Gasteiger partial charge in [-0.05, 0) is 22.0 Å². The van der Waals surface area contributed by atoms with Gasteiger partial charge in [-0.25, -0.2) is 0 Å². The average Bonchev–Trinajstić information content (AvgIpc) is 2.06. The molecule has 0 unspecified atom stereocenters. The first-order chi connectivity index (χ1) is 5.38. The van der Waals surface area contributed by atoms with Crippen LogP contribution < -0.4 is 0 Å². The number of halogens is 1. The summed E-state index contributed by atoms with van der Waals surface area (Å²) >= 11 is 3.41. The predicted octanol–water partition coefficient (Wildman–Crippen LogP) is 2.39. The molecule has 0 aliphatic heterocycles. The van der Waals surface area contributed by atoms with Gasteiger partial charge in [0.25, 0.3) is 0 Å². The van der Waals surface area contributed by atoms with Crippen molar-refractivity contribution < 1.29 is 0 Å². The van der Waals surface area contributed by atoms with Crippen LogP contribution in [0.15, 0.2) is 35.3 Å². The number of rotatable bonds is 0. The quantitative estimate of drug-likeness (QED) is 0.665. The Bertz CT molecular complexity index is 381. The summed E-state index contributed by atoms with van der Waals surface area (Å²) in [6.45, 7) is 0. The highest BCUT2D eigenvalue weighted by Gasteiger charge is 1.95. The van der Waals surface area contributed by atoms with Crippen molar-refractivity contribution in [3.8, 4) is 0 Å². The van der Waals surface area contributed by atoms with Gasteiger partial charge in [-0.2, -0.15) is 0 Å². The van der Waals surface area contributed by atoms with E-state index in [-0.39, 0.29) is 0 Å². The second kappa shape index (κ2) is 2.58. The van der Waals surface area contributed by atoms with Gasteiger partial charge in [0.15, 0.2) is 0 Å². The normalized spacial score (nSPS) is 10.3. The van der Waals surface area contributed by atoms with Crippen LogP contribution in [0.1, 0.15) is 0 Å². The van der Waals surface area contributed by atoms with Gasteiger partial charge in [0, 0.05) is 40.0 Å². The van der Waals surface area contributed by atoms with Gasteiger partial charge in [0.05, 0.1) is 0 Å². The fourth-order valence-electron chi connectivity index (χ4n) is 0.980. The highest BCUT2D eigenvalue weighted by molar-refractivity contribution is 9.10. The van der Waals surface area contributed by atoms with Crippen LogP contribution in [0.2, 0.25) is 0 Å². The number of pyridine rings is 2. The Kier molecular flexibility index (Phi) is 1.58. The summed E-state index contributed by atoms with van der Waals surface area (Å²) in [6.07, 6.45) is 7.15. The van der Waals surface area contributed by atoms with E-state index in [1.54, 1.807) is 24.8 Å². The molecule has 0 radical (unpaired) electrons. The van der Waals surface area contributed by atoms with E-state index in [1.165, 1.54) is 0 Å². The van der Waals surface area contributed by atoms with Crippen molar-refractivity contribution in [2.45, 2.75) is 0 Å². The van der Waals surface area contributed by atoms with Gasteiger partial charge in [-0.3, -0.25) is 9.97 Å². The standard InChI is InChI=1S/C8H5BrN2/c9-8-5-11-4-6-3-10-2-1-7(6)8/h1-5H. The molecule has 2 heterocycles. The first kappa shape index (κ1) is 6.73. The van der Waals surface area contributed by atoms with E-state index in [1.807, 2.05) is 6.07 Å². The van der Waals surface area contributed by atoms with E-state index < -0.39 is 0 Å². The Labute approximate surface area is 72.4 Å². The predicted molar refractivity (Wildman–Crippen MR) is 47.2 cm³/mol. The first-order valence-electron chi connectivity index (χ1n) is 3.21. The molecule has 0 aliphatic rings. The summed E-state index contributed by atoms with van der Waals surface area (Å²) in [6, 6.07) is 1.96. The smallest absolute Gasteiger partial charge is 0.0438 e. The Morgan fingerprint density at radius 1 is 1.09 bits per heavy atom.